The molecule has 16 heavy (non-hydrogen) atoms. The number of hydrogen-bond acceptors (Lipinski definition) is 3. The van der Waals surface area contributed by atoms with Gasteiger partial charge in [-0.05, 0) is 53.4 Å². The van der Waals surface area contributed by atoms with Crippen LogP contribution in [0.1, 0.15) is 46.5 Å². The number of carbonyl (C=O) groups is 1. The number of hydrogen-bond donors (Lipinski definition) is 2. The summed E-state index contributed by atoms with van der Waals surface area (Å²) in [6.45, 7) is 9.22. The largest absolute Gasteiger partial charge is 0.444 e. The molecular weight excluding hydrogens is 206 g/mol. The molecule has 1 fully saturated rings. The van der Waals surface area contributed by atoms with E-state index in [1.165, 1.54) is 0 Å². The molecular formula is C12H22NO3. The van der Waals surface area contributed by atoms with Gasteiger partial charge in [0.2, 0.25) is 0 Å². The molecule has 4 nitrogen and oxygen atoms in total. The Morgan fingerprint density at radius 2 is 1.94 bits per heavy atom. The van der Waals surface area contributed by atoms with Crippen LogP contribution in [0.4, 0.5) is 4.79 Å². The second-order valence-corrected chi connectivity index (χ2v) is 5.64. The van der Waals surface area contributed by atoms with E-state index >= 15 is 0 Å². The van der Waals surface area contributed by atoms with Crippen LogP contribution in [-0.4, -0.2) is 28.4 Å². The average Bonchev–Trinajstić information content (AvgIpc) is 2.05. The lowest BCUT2D eigenvalue weighted by Crippen LogP contribution is -2.44. The molecule has 1 rings (SSSR count). The minimum absolute atomic E-state index is 0.0943. The van der Waals surface area contributed by atoms with E-state index in [4.69, 9.17) is 4.74 Å². The molecule has 0 heterocycles. The SMILES string of the molecule is [CH2]C1(O)CCC(NC(=O)OC(C)(C)C)CC1. The Hall–Kier alpha value is -0.770. The lowest BCUT2D eigenvalue weighted by atomic mass is 9.84. The zero-order chi connectivity index (χ0) is 12.4. The fourth-order valence-corrected chi connectivity index (χ4v) is 1.77. The standard InChI is InChI=1S/C12H22NO3/c1-11(2,3)16-10(14)13-9-5-7-12(4,15)8-6-9/h9,15H,4-8H2,1-3H3,(H,13,14). The normalized spacial score (nSPS) is 30.9. The molecule has 0 aromatic heterocycles. The summed E-state index contributed by atoms with van der Waals surface area (Å²) in [5, 5.41) is 12.5. The molecule has 0 bridgehead atoms. The van der Waals surface area contributed by atoms with Gasteiger partial charge in [-0.3, -0.25) is 0 Å². The fourth-order valence-electron chi connectivity index (χ4n) is 1.77. The van der Waals surface area contributed by atoms with E-state index < -0.39 is 11.2 Å². The number of aliphatic hydroxyl groups is 1. The van der Waals surface area contributed by atoms with Crippen LogP contribution in [0.2, 0.25) is 0 Å². The van der Waals surface area contributed by atoms with Crippen LogP contribution in [0.5, 0.6) is 0 Å². The van der Waals surface area contributed by atoms with Crippen molar-refractivity contribution in [1.82, 2.24) is 5.32 Å². The number of carbonyl (C=O) groups excluding carboxylic acids is 1. The first-order valence-corrected chi connectivity index (χ1v) is 5.75. The van der Waals surface area contributed by atoms with Gasteiger partial charge >= 0.3 is 6.09 Å². The number of rotatable bonds is 1. The molecule has 0 saturated heterocycles. The van der Waals surface area contributed by atoms with E-state index in [0.29, 0.717) is 12.8 Å². The predicted molar refractivity (Wildman–Crippen MR) is 61.9 cm³/mol. The van der Waals surface area contributed by atoms with Crippen LogP contribution < -0.4 is 5.32 Å². The fraction of sp³-hybridized carbons (Fsp3) is 0.833. The summed E-state index contributed by atoms with van der Waals surface area (Å²) in [4.78, 5) is 11.5. The van der Waals surface area contributed by atoms with E-state index in [9.17, 15) is 9.90 Å². The van der Waals surface area contributed by atoms with Crippen molar-refractivity contribution >= 4 is 6.09 Å². The van der Waals surface area contributed by atoms with Crippen molar-refractivity contribution in [2.75, 3.05) is 0 Å². The molecule has 1 saturated carbocycles. The molecule has 0 aromatic carbocycles. The summed E-state index contributed by atoms with van der Waals surface area (Å²) < 4.78 is 5.16. The van der Waals surface area contributed by atoms with Crippen molar-refractivity contribution in [3.05, 3.63) is 6.92 Å². The van der Waals surface area contributed by atoms with Crippen LogP contribution in [0.25, 0.3) is 0 Å². The van der Waals surface area contributed by atoms with Crippen molar-refractivity contribution in [3.63, 3.8) is 0 Å². The van der Waals surface area contributed by atoms with Crippen molar-refractivity contribution in [3.8, 4) is 0 Å². The minimum Gasteiger partial charge on any atom is -0.444 e. The molecule has 0 atom stereocenters. The van der Waals surface area contributed by atoms with Crippen LogP contribution in [0.3, 0.4) is 0 Å². The summed E-state index contributed by atoms with van der Waals surface area (Å²) in [5.41, 5.74) is -1.28. The van der Waals surface area contributed by atoms with Gasteiger partial charge in [-0.15, -0.1) is 0 Å². The van der Waals surface area contributed by atoms with Gasteiger partial charge in [-0.1, -0.05) is 0 Å². The summed E-state index contributed by atoms with van der Waals surface area (Å²) in [7, 11) is 0. The Labute approximate surface area is 97.4 Å². The molecule has 4 heteroatoms. The van der Waals surface area contributed by atoms with E-state index in [0.717, 1.165) is 12.8 Å². The third kappa shape index (κ3) is 4.84. The van der Waals surface area contributed by atoms with Gasteiger partial charge in [0.05, 0.1) is 5.60 Å². The molecule has 1 radical (unpaired) electrons. The highest BCUT2D eigenvalue weighted by Gasteiger charge is 2.30. The third-order valence-electron chi connectivity index (χ3n) is 2.64. The van der Waals surface area contributed by atoms with Gasteiger partial charge in [-0.2, -0.15) is 0 Å². The van der Waals surface area contributed by atoms with Crippen LogP contribution in [0.15, 0.2) is 0 Å². The number of nitrogens with one attached hydrogen (secondary N) is 1. The lowest BCUT2D eigenvalue weighted by molar-refractivity contribution is 0.0279. The maximum Gasteiger partial charge on any atom is 0.407 e. The Morgan fingerprint density at radius 1 is 1.44 bits per heavy atom. The number of amides is 1. The molecule has 93 valence electrons. The Morgan fingerprint density at radius 3 is 2.38 bits per heavy atom. The summed E-state index contributed by atoms with van der Waals surface area (Å²) in [6, 6.07) is 0.0943. The van der Waals surface area contributed by atoms with E-state index in [-0.39, 0.29) is 12.1 Å². The van der Waals surface area contributed by atoms with Crippen molar-refractivity contribution in [2.24, 2.45) is 0 Å². The summed E-state index contributed by atoms with van der Waals surface area (Å²) in [6.07, 6.45) is 2.35. The molecule has 2 N–H and O–H groups in total. The smallest absolute Gasteiger partial charge is 0.407 e. The van der Waals surface area contributed by atoms with E-state index in [1.807, 2.05) is 20.8 Å². The Kier molecular flexibility index (Phi) is 3.84. The molecule has 1 amide bonds. The van der Waals surface area contributed by atoms with Gasteiger partial charge in [0.25, 0.3) is 0 Å². The van der Waals surface area contributed by atoms with Gasteiger partial charge in [0.15, 0.2) is 0 Å². The topological polar surface area (TPSA) is 58.6 Å². The maximum absolute atomic E-state index is 11.5. The lowest BCUT2D eigenvalue weighted by Gasteiger charge is -2.33. The zero-order valence-electron chi connectivity index (χ0n) is 10.4. The van der Waals surface area contributed by atoms with Crippen molar-refractivity contribution in [2.45, 2.75) is 63.7 Å². The molecule has 0 spiro atoms. The molecule has 0 aliphatic heterocycles. The second kappa shape index (κ2) is 4.62. The molecule has 0 aromatic rings. The highest BCUT2D eigenvalue weighted by atomic mass is 16.6. The van der Waals surface area contributed by atoms with Crippen LogP contribution in [-0.2, 0) is 4.74 Å². The van der Waals surface area contributed by atoms with E-state index in [1.54, 1.807) is 0 Å². The third-order valence-corrected chi connectivity index (χ3v) is 2.64. The maximum atomic E-state index is 11.5. The van der Waals surface area contributed by atoms with Gasteiger partial charge in [-0.25, -0.2) is 4.79 Å². The Balaban J connectivity index is 2.32. The number of ether oxygens (including phenoxy) is 1. The van der Waals surface area contributed by atoms with Gasteiger partial charge < -0.3 is 15.2 Å². The average molecular weight is 228 g/mol. The first-order valence-electron chi connectivity index (χ1n) is 5.75. The molecule has 1 aliphatic rings. The molecule has 0 unspecified atom stereocenters. The quantitative estimate of drug-likeness (QED) is 0.722. The molecule has 1 aliphatic carbocycles. The Bertz CT molecular complexity index is 245. The zero-order valence-corrected chi connectivity index (χ0v) is 10.4. The van der Waals surface area contributed by atoms with Crippen molar-refractivity contribution < 1.29 is 14.6 Å². The monoisotopic (exact) mass is 228 g/mol. The minimum atomic E-state index is -0.813. The first kappa shape index (κ1) is 13.3. The first-order chi connectivity index (χ1) is 7.18. The van der Waals surface area contributed by atoms with Crippen molar-refractivity contribution in [1.29, 1.82) is 0 Å². The number of alkyl carbamates (subject to hydrolysis) is 1. The van der Waals surface area contributed by atoms with Gasteiger partial charge in [0.1, 0.15) is 5.60 Å². The van der Waals surface area contributed by atoms with Crippen LogP contribution in [0, 0.1) is 6.92 Å². The van der Waals surface area contributed by atoms with E-state index in [2.05, 4.69) is 12.2 Å². The summed E-state index contributed by atoms with van der Waals surface area (Å²) >= 11 is 0. The summed E-state index contributed by atoms with van der Waals surface area (Å²) in [5.74, 6) is 0. The predicted octanol–water partition coefficient (Wildman–Crippen LogP) is 2.02. The van der Waals surface area contributed by atoms with Crippen LogP contribution >= 0.6 is 0 Å². The second-order valence-electron chi connectivity index (χ2n) is 5.64. The highest BCUT2D eigenvalue weighted by molar-refractivity contribution is 5.68. The highest BCUT2D eigenvalue weighted by Crippen LogP contribution is 2.27. The van der Waals surface area contributed by atoms with Gasteiger partial charge in [0, 0.05) is 6.04 Å².